The number of hydrogen-bond acceptors (Lipinski definition) is 5. The molecule has 2 aromatic rings. The number of hydrogen-bond donors (Lipinski definition) is 2. The molecule has 0 amide bonds. The Balaban J connectivity index is 2.08. The van der Waals surface area contributed by atoms with Crippen molar-refractivity contribution in [1.82, 2.24) is 19.8 Å². The van der Waals surface area contributed by atoms with Crippen molar-refractivity contribution >= 4 is 10.0 Å². The number of rotatable bonds is 5. The van der Waals surface area contributed by atoms with Crippen molar-refractivity contribution in [1.29, 1.82) is 0 Å². The zero-order valence-electron chi connectivity index (χ0n) is 11.0. The third-order valence-electron chi connectivity index (χ3n) is 2.78. The maximum absolute atomic E-state index is 12.0. The average Bonchev–Trinajstić information content (AvgIpc) is 2.94. The van der Waals surface area contributed by atoms with Gasteiger partial charge in [0.15, 0.2) is 0 Å². The van der Waals surface area contributed by atoms with Gasteiger partial charge in [-0.15, -0.1) is 0 Å². The number of aromatic amines is 1. The second-order valence-electron chi connectivity index (χ2n) is 4.42. The Morgan fingerprint density at radius 1 is 1.47 bits per heavy atom. The maximum atomic E-state index is 12.0. The Morgan fingerprint density at radius 3 is 2.74 bits per heavy atom. The van der Waals surface area contributed by atoms with E-state index in [0.29, 0.717) is 12.2 Å². The third kappa shape index (κ3) is 3.02. The second kappa shape index (κ2) is 5.14. The molecule has 0 spiro atoms. The first kappa shape index (κ1) is 13.8. The summed E-state index contributed by atoms with van der Waals surface area (Å²) in [5.74, 6) is 0.710. The highest BCUT2D eigenvalue weighted by Gasteiger charge is 2.21. The second-order valence-corrected chi connectivity index (χ2v) is 6.05. The molecule has 2 rings (SSSR count). The fourth-order valence-electron chi connectivity index (χ4n) is 1.86. The topological polar surface area (TPSA) is 101 Å². The lowest BCUT2D eigenvalue weighted by Crippen LogP contribution is -2.34. The van der Waals surface area contributed by atoms with E-state index in [1.165, 1.54) is 12.4 Å². The van der Waals surface area contributed by atoms with Crippen LogP contribution in [0.1, 0.15) is 23.9 Å². The van der Waals surface area contributed by atoms with Gasteiger partial charge in [0.05, 0.1) is 5.69 Å². The molecule has 0 radical (unpaired) electrons. The SMILES string of the molecule is Cc1noc(C)c1C[C@H](C)NS(=O)(=O)c1ncc[nH]1. The molecule has 1 atom stereocenters. The molecule has 7 nitrogen and oxygen atoms in total. The zero-order chi connectivity index (χ0) is 14.0. The van der Waals surface area contributed by atoms with E-state index >= 15 is 0 Å². The van der Waals surface area contributed by atoms with E-state index in [1.807, 2.05) is 13.8 Å². The van der Waals surface area contributed by atoms with Gasteiger partial charge in [-0.3, -0.25) is 0 Å². The molecule has 0 bridgehead atoms. The van der Waals surface area contributed by atoms with Crippen molar-refractivity contribution in [3.05, 3.63) is 29.4 Å². The molecule has 0 aliphatic heterocycles. The fraction of sp³-hybridized carbons (Fsp3) is 0.455. The summed E-state index contributed by atoms with van der Waals surface area (Å²) in [5.41, 5.74) is 1.70. The molecule has 0 aliphatic carbocycles. The smallest absolute Gasteiger partial charge is 0.274 e. The molecule has 0 saturated carbocycles. The van der Waals surface area contributed by atoms with E-state index in [-0.39, 0.29) is 11.2 Å². The molecule has 0 saturated heterocycles. The lowest BCUT2D eigenvalue weighted by Gasteiger charge is -2.12. The van der Waals surface area contributed by atoms with Crippen LogP contribution in [0.15, 0.2) is 22.1 Å². The van der Waals surface area contributed by atoms with Gasteiger partial charge in [-0.2, -0.15) is 0 Å². The summed E-state index contributed by atoms with van der Waals surface area (Å²) in [4.78, 5) is 6.31. The lowest BCUT2D eigenvalue weighted by molar-refractivity contribution is 0.392. The van der Waals surface area contributed by atoms with Crippen LogP contribution < -0.4 is 4.72 Å². The summed E-state index contributed by atoms with van der Waals surface area (Å²) in [7, 11) is -3.61. The third-order valence-corrected chi connectivity index (χ3v) is 4.22. The van der Waals surface area contributed by atoms with E-state index in [1.54, 1.807) is 6.92 Å². The molecular weight excluding hydrogens is 268 g/mol. The van der Waals surface area contributed by atoms with Crippen molar-refractivity contribution in [2.45, 2.75) is 38.4 Å². The quantitative estimate of drug-likeness (QED) is 0.850. The van der Waals surface area contributed by atoms with Gasteiger partial charge in [-0.1, -0.05) is 5.16 Å². The van der Waals surface area contributed by atoms with Crippen molar-refractivity contribution in [2.24, 2.45) is 0 Å². The number of sulfonamides is 1. The van der Waals surface area contributed by atoms with Crippen LogP contribution in [0.2, 0.25) is 0 Å². The van der Waals surface area contributed by atoms with Gasteiger partial charge in [-0.25, -0.2) is 18.1 Å². The van der Waals surface area contributed by atoms with Crippen molar-refractivity contribution in [3.8, 4) is 0 Å². The van der Waals surface area contributed by atoms with Gasteiger partial charge >= 0.3 is 0 Å². The number of aryl methyl sites for hydroxylation is 2. The Morgan fingerprint density at radius 2 is 2.21 bits per heavy atom. The summed E-state index contributed by atoms with van der Waals surface area (Å²) >= 11 is 0. The summed E-state index contributed by atoms with van der Waals surface area (Å²) in [6.07, 6.45) is 3.38. The molecular formula is C11H16N4O3S. The number of H-pyrrole nitrogens is 1. The van der Waals surface area contributed by atoms with Crippen LogP contribution in [0.4, 0.5) is 0 Å². The van der Waals surface area contributed by atoms with Gasteiger partial charge < -0.3 is 9.51 Å². The van der Waals surface area contributed by atoms with Crippen LogP contribution in [0.3, 0.4) is 0 Å². The van der Waals surface area contributed by atoms with Crippen LogP contribution in [0, 0.1) is 13.8 Å². The summed E-state index contributed by atoms with van der Waals surface area (Å²) < 4.78 is 31.5. The fourth-order valence-corrected chi connectivity index (χ4v) is 3.01. The number of nitrogens with zero attached hydrogens (tertiary/aromatic N) is 2. The molecule has 2 heterocycles. The van der Waals surface area contributed by atoms with Gasteiger partial charge in [0, 0.05) is 24.0 Å². The van der Waals surface area contributed by atoms with Crippen molar-refractivity contribution < 1.29 is 12.9 Å². The molecule has 0 aliphatic rings. The molecule has 0 unspecified atom stereocenters. The summed E-state index contributed by atoms with van der Waals surface area (Å²) in [6.45, 7) is 5.43. The Bertz CT molecular complexity index is 626. The molecule has 8 heteroatoms. The Hall–Kier alpha value is -1.67. The first-order valence-electron chi connectivity index (χ1n) is 5.83. The lowest BCUT2D eigenvalue weighted by atomic mass is 10.1. The summed E-state index contributed by atoms with van der Waals surface area (Å²) in [5, 5.41) is 3.76. The van der Waals surface area contributed by atoms with Gasteiger partial charge in [0.1, 0.15) is 5.76 Å². The molecule has 2 aromatic heterocycles. The maximum Gasteiger partial charge on any atom is 0.274 e. The van der Waals surface area contributed by atoms with Crippen LogP contribution in [0.25, 0.3) is 0 Å². The Kier molecular flexibility index (Phi) is 3.72. The van der Waals surface area contributed by atoms with Gasteiger partial charge in [0.25, 0.3) is 10.0 Å². The highest BCUT2D eigenvalue weighted by molar-refractivity contribution is 7.89. The number of imidazole rings is 1. The van der Waals surface area contributed by atoms with E-state index < -0.39 is 10.0 Å². The average molecular weight is 284 g/mol. The zero-order valence-corrected chi connectivity index (χ0v) is 11.8. The van der Waals surface area contributed by atoms with Crippen molar-refractivity contribution in [2.75, 3.05) is 0 Å². The predicted molar refractivity (Wildman–Crippen MR) is 68.1 cm³/mol. The molecule has 2 N–H and O–H groups in total. The van der Waals surface area contributed by atoms with Crippen LogP contribution in [-0.4, -0.2) is 29.6 Å². The van der Waals surface area contributed by atoms with Gasteiger partial charge in [-0.05, 0) is 27.2 Å². The first-order chi connectivity index (χ1) is 8.90. The van der Waals surface area contributed by atoms with E-state index in [0.717, 1.165) is 11.3 Å². The molecule has 19 heavy (non-hydrogen) atoms. The van der Waals surface area contributed by atoms with Crippen LogP contribution in [0.5, 0.6) is 0 Å². The van der Waals surface area contributed by atoms with Crippen LogP contribution >= 0.6 is 0 Å². The molecule has 0 aromatic carbocycles. The monoisotopic (exact) mass is 284 g/mol. The standard InChI is InChI=1S/C11H16N4O3S/c1-7(6-10-8(2)14-18-9(10)3)15-19(16,17)11-12-4-5-13-11/h4-5,7,15H,6H2,1-3H3,(H,12,13)/t7-/m0/s1. The minimum atomic E-state index is -3.61. The molecule has 104 valence electrons. The van der Waals surface area contributed by atoms with Gasteiger partial charge in [0.2, 0.25) is 5.16 Å². The van der Waals surface area contributed by atoms with Crippen molar-refractivity contribution in [3.63, 3.8) is 0 Å². The van der Waals surface area contributed by atoms with Crippen LogP contribution in [-0.2, 0) is 16.4 Å². The normalized spacial score (nSPS) is 13.6. The molecule has 0 fully saturated rings. The minimum absolute atomic E-state index is 0.0851. The highest BCUT2D eigenvalue weighted by atomic mass is 32.2. The van der Waals surface area contributed by atoms with E-state index in [9.17, 15) is 8.42 Å². The largest absolute Gasteiger partial charge is 0.361 e. The number of nitrogens with one attached hydrogen (secondary N) is 2. The summed E-state index contributed by atoms with van der Waals surface area (Å²) in [6, 6.07) is -0.285. The number of aromatic nitrogens is 3. The van der Waals surface area contributed by atoms with E-state index in [2.05, 4.69) is 19.8 Å². The minimum Gasteiger partial charge on any atom is -0.361 e. The highest BCUT2D eigenvalue weighted by Crippen LogP contribution is 2.15. The predicted octanol–water partition coefficient (Wildman–Crippen LogP) is 0.924. The first-order valence-corrected chi connectivity index (χ1v) is 7.32. The Labute approximate surface area is 111 Å². The van der Waals surface area contributed by atoms with E-state index in [4.69, 9.17) is 4.52 Å².